The van der Waals surface area contributed by atoms with E-state index >= 15 is 0 Å². The van der Waals surface area contributed by atoms with Gasteiger partial charge in [0.05, 0.1) is 5.69 Å². The average molecular weight is 240 g/mol. The number of anilines is 1. The maximum absolute atomic E-state index is 5.45. The Balaban J connectivity index is 2.43. The molecule has 0 unspecified atom stereocenters. The fourth-order valence-electron chi connectivity index (χ4n) is 1.31. The van der Waals surface area contributed by atoms with E-state index in [1.54, 1.807) is 6.26 Å². The van der Waals surface area contributed by atoms with Crippen LogP contribution in [0.4, 0.5) is 6.01 Å². The zero-order valence-electron chi connectivity index (χ0n) is 11.5. The summed E-state index contributed by atoms with van der Waals surface area (Å²) in [6.45, 7) is 6.88. The Morgan fingerprint density at radius 3 is 2.59 bits per heavy atom. The van der Waals surface area contributed by atoms with Gasteiger partial charge in [-0.2, -0.15) is 4.98 Å². The van der Waals surface area contributed by atoms with Crippen molar-refractivity contribution in [1.82, 2.24) is 15.2 Å². The van der Waals surface area contributed by atoms with Gasteiger partial charge in [0.1, 0.15) is 6.26 Å². The van der Waals surface area contributed by atoms with Gasteiger partial charge in [0.15, 0.2) is 0 Å². The Bertz CT molecular complexity index is 322. The smallest absolute Gasteiger partial charge is 0.297 e. The number of nitrogens with zero attached hydrogens (tertiary/aromatic N) is 3. The Labute approximate surface area is 104 Å². The Morgan fingerprint density at radius 1 is 1.29 bits per heavy atom. The van der Waals surface area contributed by atoms with Crippen molar-refractivity contribution >= 4 is 6.01 Å². The van der Waals surface area contributed by atoms with Crippen LogP contribution < -0.4 is 10.2 Å². The zero-order valence-corrected chi connectivity index (χ0v) is 11.5. The molecule has 0 saturated carbocycles. The van der Waals surface area contributed by atoms with Crippen LogP contribution in [0.1, 0.15) is 19.5 Å². The third kappa shape index (κ3) is 5.19. The van der Waals surface area contributed by atoms with Crippen LogP contribution in [0.25, 0.3) is 0 Å². The minimum absolute atomic E-state index is 0.460. The molecular formula is C12H24N4O. The molecule has 0 aromatic carbocycles. The van der Waals surface area contributed by atoms with Gasteiger partial charge in [-0.1, -0.05) is 13.8 Å². The molecule has 1 rings (SSSR count). The van der Waals surface area contributed by atoms with Crippen LogP contribution >= 0.6 is 0 Å². The lowest BCUT2D eigenvalue weighted by atomic mass is 10.4. The SMILES string of the molecule is CC(C)NCc1coc(N(C)CCN(C)C)n1. The van der Waals surface area contributed by atoms with Crippen molar-refractivity contribution in [3.05, 3.63) is 12.0 Å². The summed E-state index contributed by atoms with van der Waals surface area (Å²) in [5, 5.41) is 3.32. The monoisotopic (exact) mass is 240 g/mol. The summed E-state index contributed by atoms with van der Waals surface area (Å²) in [5.74, 6) is 0. The summed E-state index contributed by atoms with van der Waals surface area (Å²) in [7, 11) is 6.11. The summed E-state index contributed by atoms with van der Waals surface area (Å²) in [6, 6.07) is 1.15. The molecule has 0 bridgehead atoms. The summed E-state index contributed by atoms with van der Waals surface area (Å²) in [6.07, 6.45) is 1.72. The van der Waals surface area contributed by atoms with Crippen molar-refractivity contribution in [2.24, 2.45) is 0 Å². The molecule has 5 heteroatoms. The highest BCUT2D eigenvalue weighted by Gasteiger charge is 2.09. The van der Waals surface area contributed by atoms with E-state index in [9.17, 15) is 0 Å². The van der Waals surface area contributed by atoms with Crippen LogP contribution in [0.15, 0.2) is 10.7 Å². The molecule has 0 saturated heterocycles. The maximum atomic E-state index is 5.45. The molecule has 0 aliphatic rings. The van der Waals surface area contributed by atoms with E-state index in [4.69, 9.17) is 4.42 Å². The molecule has 0 aliphatic carbocycles. The molecule has 5 nitrogen and oxygen atoms in total. The van der Waals surface area contributed by atoms with E-state index in [1.807, 2.05) is 11.9 Å². The van der Waals surface area contributed by atoms with Gasteiger partial charge in [0.2, 0.25) is 0 Å². The van der Waals surface area contributed by atoms with Crippen LogP contribution in [0.2, 0.25) is 0 Å². The standard InChI is InChI=1S/C12H24N4O/c1-10(2)13-8-11-9-17-12(14-11)16(5)7-6-15(3)4/h9-10,13H,6-8H2,1-5H3. The second-order valence-electron chi connectivity index (χ2n) is 4.88. The molecule has 17 heavy (non-hydrogen) atoms. The van der Waals surface area contributed by atoms with Crippen LogP contribution in [0, 0.1) is 0 Å². The Hall–Kier alpha value is -1.07. The van der Waals surface area contributed by atoms with Crippen molar-refractivity contribution in [3.63, 3.8) is 0 Å². The van der Waals surface area contributed by atoms with Gasteiger partial charge in [-0.05, 0) is 14.1 Å². The number of hydrogen-bond acceptors (Lipinski definition) is 5. The fraction of sp³-hybridized carbons (Fsp3) is 0.750. The van der Waals surface area contributed by atoms with E-state index in [0.717, 1.165) is 25.3 Å². The third-order valence-corrected chi connectivity index (χ3v) is 2.44. The van der Waals surface area contributed by atoms with Gasteiger partial charge in [-0.25, -0.2) is 0 Å². The number of oxazole rings is 1. The van der Waals surface area contributed by atoms with Gasteiger partial charge >= 0.3 is 0 Å². The predicted molar refractivity (Wildman–Crippen MR) is 70.3 cm³/mol. The summed E-state index contributed by atoms with van der Waals surface area (Å²) in [5.41, 5.74) is 0.949. The molecule has 1 N–H and O–H groups in total. The molecular weight excluding hydrogens is 216 g/mol. The van der Waals surface area contributed by atoms with Crippen LogP contribution in [0.5, 0.6) is 0 Å². The number of rotatable bonds is 7. The number of aromatic nitrogens is 1. The van der Waals surface area contributed by atoms with Crippen molar-refractivity contribution in [2.75, 3.05) is 39.1 Å². The molecule has 0 spiro atoms. The van der Waals surface area contributed by atoms with Crippen molar-refractivity contribution in [1.29, 1.82) is 0 Å². The first-order valence-electron chi connectivity index (χ1n) is 6.02. The molecule has 0 radical (unpaired) electrons. The van der Waals surface area contributed by atoms with Crippen molar-refractivity contribution < 1.29 is 4.42 Å². The summed E-state index contributed by atoms with van der Waals surface area (Å²) < 4.78 is 5.45. The van der Waals surface area contributed by atoms with Crippen LogP contribution in [0.3, 0.4) is 0 Å². The van der Waals surface area contributed by atoms with E-state index < -0.39 is 0 Å². The average Bonchev–Trinajstić information content (AvgIpc) is 2.71. The summed E-state index contributed by atoms with van der Waals surface area (Å²) in [4.78, 5) is 8.60. The predicted octanol–water partition coefficient (Wildman–Crippen LogP) is 1.17. The lowest BCUT2D eigenvalue weighted by Gasteiger charge is -2.17. The fourth-order valence-corrected chi connectivity index (χ4v) is 1.31. The van der Waals surface area contributed by atoms with Gasteiger partial charge in [-0.3, -0.25) is 0 Å². The van der Waals surface area contributed by atoms with Crippen LogP contribution in [-0.4, -0.2) is 50.2 Å². The lowest BCUT2D eigenvalue weighted by molar-refractivity contribution is 0.410. The lowest BCUT2D eigenvalue weighted by Crippen LogP contribution is -2.28. The molecule has 1 aromatic rings. The molecule has 0 fully saturated rings. The van der Waals surface area contributed by atoms with E-state index in [0.29, 0.717) is 12.1 Å². The van der Waals surface area contributed by atoms with E-state index in [1.165, 1.54) is 0 Å². The third-order valence-electron chi connectivity index (χ3n) is 2.44. The first-order valence-corrected chi connectivity index (χ1v) is 6.02. The number of nitrogens with one attached hydrogen (secondary N) is 1. The van der Waals surface area contributed by atoms with Gasteiger partial charge in [-0.15, -0.1) is 0 Å². The highest BCUT2D eigenvalue weighted by atomic mass is 16.4. The molecule has 0 aliphatic heterocycles. The second-order valence-corrected chi connectivity index (χ2v) is 4.88. The topological polar surface area (TPSA) is 44.5 Å². The van der Waals surface area contributed by atoms with E-state index in [2.05, 4.69) is 43.1 Å². The van der Waals surface area contributed by atoms with Gasteiger partial charge in [0, 0.05) is 32.7 Å². The molecule has 98 valence electrons. The minimum atomic E-state index is 0.460. The second kappa shape index (κ2) is 6.61. The number of likely N-dealkylation sites (N-methyl/N-ethyl adjacent to an activating group) is 2. The molecule has 0 atom stereocenters. The first kappa shape index (κ1) is 14.0. The Kier molecular flexibility index (Phi) is 5.44. The van der Waals surface area contributed by atoms with Gasteiger partial charge in [0.25, 0.3) is 6.01 Å². The van der Waals surface area contributed by atoms with Gasteiger partial charge < -0.3 is 19.5 Å². The zero-order chi connectivity index (χ0) is 12.8. The van der Waals surface area contributed by atoms with Crippen molar-refractivity contribution in [3.8, 4) is 0 Å². The minimum Gasteiger partial charge on any atom is -0.432 e. The normalized spacial score (nSPS) is 11.5. The molecule has 0 amide bonds. The first-order chi connectivity index (χ1) is 7.99. The molecule has 1 heterocycles. The van der Waals surface area contributed by atoms with E-state index in [-0.39, 0.29) is 0 Å². The van der Waals surface area contributed by atoms with Crippen LogP contribution in [-0.2, 0) is 6.54 Å². The number of hydrogen-bond donors (Lipinski definition) is 1. The molecule has 1 aromatic heterocycles. The maximum Gasteiger partial charge on any atom is 0.297 e. The van der Waals surface area contributed by atoms with Crippen molar-refractivity contribution in [2.45, 2.75) is 26.4 Å². The quantitative estimate of drug-likeness (QED) is 0.775. The highest BCUT2D eigenvalue weighted by molar-refractivity contribution is 5.25. The Morgan fingerprint density at radius 2 is 2.00 bits per heavy atom. The highest BCUT2D eigenvalue weighted by Crippen LogP contribution is 2.11. The largest absolute Gasteiger partial charge is 0.432 e. The summed E-state index contributed by atoms with van der Waals surface area (Å²) >= 11 is 0.